The van der Waals surface area contributed by atoms with Crippen molar-refractivity contribution >= 4 is 22.4 Å². The van der Waals surface area contributed by atoms with Crippen molar-refractivity contribution in [1.29, 1.82) is 0 Å². The average Bonchev–Trinajstić information content (AvgIpc) is 2.35. The van der Waals surface area contributed by atoms with Gasteiger partial charge in [0.15, 0.2) is 0 Å². The zero-order valence-electron chi connectivity index (χ0n) is 9.69. The molecule has 0 aliphatic rings. The first-order chi connectivity index (χ1) is 8.29. The number of hydrogen-bond donors (Lipinski definition) is 3. The van der Waals surface area contributed by atoms with Crippen LogP contribution in [-0.4, -0.2) is 23.2 Å². The van der Waals surface area contributed by atoms with Gasteiger partial charge in [-0.1, -0.05) is 0 Å². The van der Waals surface area contributed by atoms with Gasteiger partial charge in [-0.2, -0.15) is 0 Å². The fourth-order valence-corrected chi connectivity index (χ4v) is 1.70. The molecule has 0 amide bonds. The number of aliphatic hydroxyl groups excluding tert-OH is 1. The number of benzene rings is 1. The zero-order chi connectivity index (χ0) is 12.1. The highest BCUT2D eigenvalue weighted by atomic mass is 16.2. The third-order valence-electron chi connectivity index (χ3n) is 2.60. The molecule has 2 aromatic rings. The number of nitrogens with one attached hydrogen (secondary N) is 1. The Balaban J connectivity index is 2.07. The van der Waals surface area contributed by atoms with Gasteiger partial charge in [-0.15, -0.1) is 0 Å². The van der Waals surface area contributed by atoms with Crippen LogP contribution in [0.5, 0.6) is 0 Å². The van der Waals surface area contributed by atoms with Crippen molar-refractivity contribution in [2.45, 2.75) is 12.8 Å². The molecule has 90 valence electrons. The number of anilines is 2. The number of unbranched alkanes of at least 4 members (excludes halogenated alkanes) is 1. The van der Waals surface area contributed by atoms with Gasteiger partial charge in [-0.05, 0) is 43.2 Å². The summed E-state index contributed by atoms with van der Waals surface area (Å²) in [4.78, 5) is 4.48. The number of rotatable bonds is 5. The minimum Gasteiger partial charge on any atom is -0.399 e. The smallest absolute Gasteiger partial charge is 0.126 e. The summed E-state index contributed by atoms with van der Waals surface area (Å²) in [5.74, 6) is 0.861. The second-order valence-corrected chi connectivity index (χ2v) is 4.01. The van der Waals surface area contributed by atoms with Crippen LogP contribution in [0.15, 0.2) is 30.3 Å². The molecule has 0 radical (unpaired) electrons. The van der Waals surface area contributed by atoms with Crippen molar-refractivity contribution < 1.29 is 5.11 Å². The van der Waals surface area contributed by atoms with Gasteiger partial charge in [0.25, 0.3) is 0 Å². The Hall–Kier alpha value is -1.81. The monoisotopic (exact) mass is 231 g/mol. The Kier molecular flexibility index (Phi) is 3.77. The molecule has 0 saturated carbocycles. The molecule has 0 saturated heterocycles. The van der Waals surface area contributed by atoms with E-state index in [9.17, 15) is 0 Å². The maximum Gasteiger partial charge on any atom is 0.126 e. The van der Waals surface area contributed by atoms with E-state index < -0.39 is 0 Å². The number of fused-ring (bicyclic) bond motifs is 1. The Labute approximate surface area is 100 Å². The first-order valence-corrected chi connectivity index (χ1v) is 5.80. The Bertz CT molecular complexity index is 499. The van der Waals surface area contributed by atoms with Crippen LogP contribution >= 0.6 is 0 Å². The van der Waals surface area contributed by atoms with Gasteiger partial charge in [-0.25, -0.2) is 4.98 Å². The largest absolute Gasteiger partial charge is 0.399 e. The number of nitrogen functional groups attached to an aromatic ring is 1. The van der Waals surface area contributed by atoms with Crippen LogP contribution in [0.3, 0.4) is 0 Å². The molecule has 0 unspecified atom stereocenters. The number of aliphatic hydroxyl groups is 1. The van der Waals surface area contributed by atoms with Crippen LogP contribution in [0.1, 0.15) is 12.8 Å². The molecule has 0 aliphatic heterocycles. The quantitative estimate of drug-likeness (QED) is 0.543. The minimum absolute atomic E-state index is 0.242. The van der Waals surface area contributed by atoms with Gasteiger partial charge < -0.3 is 16.2 Å². The molecule has 1 aromatic carbocycles. The SMILES string of the molecule is Nc1ccc2nc(NCCCCO)ccc2c1. The zero-order valence-corrected chi connectivity index (χ0v) is 9.69. The third kappa shape index (κ3) is 3.07. The van der Waals surface area contributed by atoms with Crippen LogP contribution in [0.4, 0.5) is 11.5 Å². The van der Waals surface area contributed by atoms with Crippen LogP contribution in [0, 0.1) is 0 Å². The predicted molar refractivity (Wildman–Crippen MR) is 71.0 cm³/mol. The van der Waals surface area contributed by atoms with E-state index in [-0.39, 0.29) is 6.61 Å². The summed E-state index contributed by atoms with van der Waals surface area (Å²) >= 11 is 0. The third-order valence-corrected chi connectivity index (χ3v) is 2.60. The number of pyridine rings is 1. The van der Waals surface area contributed by atoms with Gasteiger partial charge >= 0.3 is 0 Å². The van der Waals surface area contributed by atoms with Crippen LogP contribution in [0.2, 0.25) is 0 Å². The highest BCUT2D eigenvalue weighted by Gasteiger charge is 1.98. The molecule has 4 nitrogen and oxygen atoms in total. The Morgan fingerprint density at radius 1 is 1.18 bits per heavy atom. The maximum atomic E-state index is 8.68. The molecule has 0 spiro atoms. The van der Waals surface area contributed by atoms with Crippen molar-refractivity contribution in [3.63, 3.8) is 0 Å². The normalized spacial score (nSPS) is 10.6. The minimum atomic E-state index is 0.242. The van der Waals surface area contributed by atoms with E-state index >= 15 is 0 Å². The van der Waals surface area contributed by atoms with Crippen LogP contribution < -0.4 is 11.1 Å². The van der Waals surface area contributed by atoms with Crippen molar-refractivity contribution in [3.05, 3.63) is 30.3 Å². The van der Waals surface area contributed by atoms with Crippen molar-refractivity contribution in [3.8, 4) is 0 Å². The molecule has 2 rings (SSSR count). The summed E-state index contributed by atoms with van der Waals surface area (Å²) in [6.07, 6.45) is 1.76. The van der Waals surface area contributed by atoms with Gasteiger partial charge in [0.05, 0.1) is 5.52 Å². The summed E-state index contributed by atoms with van der Waals surface area (Å²) in [6.45, 7) is 1.07. The second-order valence-electron chi connectivity index (χ2n) is 4.01. The van der Waals surface area contributed by atoms with Crippen molar-refractivity contribution in [1.82, 2.24) is 4.98 Å². The van der Waals surface area contributed by atoms with E-state index in [0.717, 1.165) is 41.8 Å². The Morgan fingerprint density at radius 3 is 2.88 bits per heavy atom. The molecule has 0 atom stereocenters. The molecular weight excluding hydrogens is 214 g/mol. The first-order valence-electron chi connectivity index (χ1n) is 5.80. The number of nitrogens with zero attached hydrogens (tertiary/aromatic N) is 1. The van der Waals surface area contributed by atoms with E-state index in [1.807, 2.05) is 30.3 Å². The molecule has 0 aliphatic carbocycles. The van der Waals surface area contributed by atoms with Gasteiger partial charge in [0.1, 0.15) is 5.82 Å². The summed E-state index contributed by atoms with van der Waals surface area (Å²) in [5.41, 5.74) is 7.40. The highest BCUT2D eigenvalue weighted by Crippen LogP contribution is 2.17. The standard InChI is InChI=1S/C13H17N3O/c14-11-4-5-12-10(9-11)3-6-13(16-12)15-7-1-2-8-17/h3-6,9,17H,1-2,7-8,14H2,(H,15,16). The van der Waals surface area contributed by atoms with Crippen LogP contribution in [0.25, 0.3) is 10.9 Å². The van der Waals surface area contributed by atoms with Crippen molar-refractivity contribution in [2.24, 2.45) is 0 Å². The average molecular weight is 231 g/mol. The number of aromatic nitrogens is 1. The van der Waals surface area contributed by atoms with Gasteiger partial charge in [-0.3, -0.25) is 0 Å². The summed E-state index contributed by atoms with van der Waals surface area (Å²) < 4.78 is 0. The predicted octanol–water partition coefficient (Wildman–Crippen LogP) is 2.00. The van der Waals surface area contributed by atoms with E-state index in [4.69, 9.17) is 10.8 Å². The van der Waals surface area contributed by atoms with Gasteiger partial charge in [0.2, 0.25) is 0 Å². The number of nitrogens with two attached hydrogens (primary N) is 1. The lowest BCUT2D eigenvalue weighted by Gasteiger charge is -2.06. The molecule has 1 aromatic heterocycles. The summed E-state index contributed by atoms with van der Waals surface area (Å²) in [7, 11) is 0. The molecule has 17 heavy (non-hydrogen) atoms. The summed E-state index contributed by atoms with van der Waals surface area (Å²) in [5, 5.41) is 13.0. The molecule has 0 bridgehead atoms. The fraction of sp³-hybridized carbons (Fsp3) is 0.308. The van der Waals surface area contributed by atoms with Crippen LogP contribution in [-0.2, 0) is 0 Å². The maximum absolute atomic E-state index is 8.68. The molecule has 1 heterocycles. The van der Waals surface area contributed by atoms with Gasteiger partial charge in [0, 0.05) is 24.2 Å². The van der Waals surface area contributed by atoms with E-state index in [2.05, 4.69) is 10.3 Å². The van der Waals surface area contributed by atoms with E-state index in [0.29, 0.717) is 0 Å². The fourth-order valence-electron chi connectivity index (χ4n) is 1.70. The molecule has 4 N–H and O–H groups in total. The lowest BCUT2D eigenvalue weighted by Crippen LogP contribution is -2.03. The molecule has 4 heteroatoms. The topological polar surface area (TPSA) is 71.2 Å². The lowest BCUT2D eigenvalue weighted by molar-refractivity contribution is 0.286. The first kappa shape index (κ1) is 11.7. The molecular formula is C13H17N3O. The second kappa shape index (κ2) is 5.50. The Morgan fingerprint density at radius 2 is 2.06 bits per heavy atom. The highest BCUT2D eigenvalue weighted by molar-refractivity contribution is 5.83. The van der Waals surface area contributed by atoms with E-state index in [1.54, 1.807) is 0 Å². The van der Waals surface area contributed by atoms with Crippen molar-refractivity contribution in [2.75, 3.05) is 24.2 Å². The molecule has 0 fully saturated rings. The summed E-state index contributed by atoms with van der Waals surface area (Å²) in [6, 6.07) is 9.64. The number of hydrogen-bond acceptors (Lipinski definition) is 4. The van der Waals surface area contributed by atoms with E-state index in [1.165, 1.54) is 0 Å². The lowest BCUT2D eigenvalue weighted by atomic mass is 10.2.